The predicted octanol–water partition coefficient (Wildman–Crippen LogP) is 3.07. The minimum atomic E-state index is -4.10. The number of nitrogens with zero attached hydrogens (tertiary/aromatic N) is 6. The Balaban J connectivity index is 1.54. The molecule has 4 aromatic heterocycles. The molecule has 7 rings (SSSR count). The molecule has 2 saturated carbocycles. The summed E-state index contributed by atoms with van der Waals surface area (Å²) in [6, 6.07) is 9.24. The van der Waals surface area contributed by atoms with Crippen LogP contribution < -0.4 is 10.7 Å². The first-order valence-corrected chi connectivity index (χ1v) is 13.9. The molecule has 2 fully saturated rings. The van der Waals surface area contributed by atoms with Gasteiger partial charge in [0.2, 0.25) is 10.0 Å². The Hall–Kier alpha value is -3.83. The van der Waals surface area contributed by atoms with Gasteiger partial charge >= 0.3 is 0 Å². The van der Waals surface area contributed by atoms with Crippen molar-refractivity contribution < 1.29 is 8.42 Å². The largest absolute Gasteiger partial charge is 0.344 e. The van der Waals surface area contributed by atoms with E-state index in [1.165, 1.54) is 10.9 Å². The van der Waals surface area contributed by atoms with E-state index in [0.717, 1.165) is 42.3 Å². The smallest absolute Gasteiger partial charge is 0.281 e. The molecule has 5 aromatic rings. The average Bonchev–Trinajstić information content (AvgIpc) is 3.78. The van der Waals surface area contributed by atoms with Crippen LogP contribution in [0.4, 0.5) is 0 Å². The zero-order valence-electron chi connectivity index (χ0n) is 20.2. The predicted molar refractivity (Wildman–Crippen MR) is 139 cm³/mol. The van der Waals surface area contributed by atoms with E-state index in [4.69, 9.17) is 5.14 Å². The van der Waals surface area contributed by atoms with Gasteiger partial charge in [0.05, 0.1) is 22.3 Å². The van der Waals surface area contributed by atoms with Gasteiger partial charge in [-0.15, -0.1) is 0 Å². The number of primary sulfonamides is 1. The molecule has 10 nitrogen and oxygen atoms in total. The van der Waals surface area contributed by atoms with Crippen LogP contribution in [-0.4, -0.2) is 37.5 Å². The Labute approximate surface area is 212 Å². The first kappa shape index (κ1) is 22.4. The van der Waals surface area contributed by atoms with Crippen molar-refractivity contribution in [2.45, 2.75) is 43.0 Å². The van der Waals surface area contributed by atoms with Crippen LogP contribution in [-0.2, 0) is 23.6 Å². The standard InChI is InChI=1S/C26H25N7O3S/c1-31-13-18-10-19(7-9-21(18)29-31)33-26(34)23(17-6-8-20(28-11-17)16-4-5-16)25-24(30-33)22(37(27,35)36)14-32(25)12-15-2-3-15/h6-11,13-16H,2-5,12H2,1H3,(H2,27,35,36). The first-order chi connectivity index (χ1) is 17.8. The summed E-state index contributed by atoms with van der Waals surface area (Å²) in [4.78, 5) is 18.7. The molecule has 0 saturated heterocycles. The van der Waals surface area contributed by atoms with Gasteiger partial charge < -0.3 is 4.57 Å². The van der Waals surface area contributed by atoms with Gasteiger partial charge in [0.25, 0.3) is 5.56 Å². The van der Waals surface area contributed by atoms with Gasteiger partial charge in [-0.25, -0.2) is 13.6 Å². The molecule has 1 aromatic carbocycles. The highest BCUT2D eigenvalue weighted by Crippen LogP contribution is 2.40. The third-order valence-electron chi connectivity index (χ3n) is 7.24. The molecule has 0 amide bonds. The van der Waals surface area contributed by atoms with Gasteiger partial charge in [-0.05, 0) is 55.9 Å². The molecular formula is C26H25N7O3S. The van der Waals surface area contributed by atoms with Crippen LogP contribution in [0.25, 0.3) is 38.8 Å². The summed E-state index contributed by atoms with van der Waals surface area (Å²) >= 11 is 0. The number of rotatable bonds is 6. The second kappa shape index (κ2) is 7.83. The lowest BCUT2D eigenvalue weighted by molar-refractivity contribution is 0.596. The summed E-state index contributed by atoms with van der Waals surface area (Å²) in [7, 11) is -2.28. The van der Waals surface area contributed by atoms with Crippen LogP contribution in [0.3, 0.4) is 0 Å². The number of hydrogen-bond acceptors (Lipinski definition) is 6. The number of aromatic nitrogens is 6. The van der Waals surface area contributed by atoms with Crippen molar-refractivity contribution in [2.24, 2.45) is 18.1 Å². The molecule has 188 valence electrons. The van der Waals surface area contributed by atoms with Crippen LogP contribution in [0, 0.1) is 5.92 Å². The lowest BCUT2D eigenvalue weighted by Gasteiger charge is -2.13. The fraction of sp³-hybridized carbons (Fsp3) is 0.308. The van der Waals surface area contributed by atoms with Crippen molar-refractivity contribution in [3.63, 3.8) is 0 Å². The Morgan fingerprint density at radius 1 is 1.05 bits per heavy atom. The molecule has 0 bridgehead atoms. The maximum Gasteiger partial charge on any atom is 0.281 e. The van der Waals surface area contributed by atoms with E-state index in [-0.39, 0.29) is 16.0 Å². The van der Waals surface area contributed by atoms with Gasteiger partial charge in [0, 0.05) is 54.7 Å². The molecule has 11 heteroatoms. The zero-order chi connectivity index (χ0) is 25.5. The van der Waals surface area contributed by atoms with E-state index in [2.05, 4.69) is 15.2 Å². The van der Waals surface area contributed by atoms with Crippen molar-refractivity contribution in [1.29, 1.82) is 0 Å². The highest BCUT2D eigenvalue weighted by Gasteiger charge is 2.30. The molecule has 37 heavy (non-hydrogen) atoms. The summed E-state index contributed by atoms with van der Waals surface area (Å²) in [5.41, 5.74) is 3.57. The first-order valence-electron chi connectivity index (χ1n) is 12.4. The Kier molecular flexibility index (Phi) is 4.74. The highest BCUT2D eigenvalue weighted by atomic mass is 32.2. The Bertz CT molecular complexity index is 1880. The molecule has 0 unspecified atom stereocenters. The van der Waals surface area contributed by atoms with Crippen LogP contribution in [0.5, 0.6) is 0 Å². The maximum absolute atomic E-state index is 14.1. The van der Waals surface area contributed by atoms with Crippen molar-refractivity contribution >= 4 is 32.0 Å². The molecule has 0 spiro atoms. The lowest BCUT2D eigenvalue weighted by atomic mass is 10.1. The summed E-state index contributed by atoms with van der Waals surface area (Å²) in [5, 5.41) is 15.5. The zero-order valence-corrected chi connectivity index (χ0v) is 21.0. The molecule has 0 aliphatic heterocycles. The number of benzene rings is 1. The van der Waals surface area contributed by atoms with E-state index in [9.17, 15) is 13.2 Å². The highest BCUT2D eigenvalue weighted by molar-refractivity contribution is 7.89. The fourth-order valence-corrected chi connectivity index (χ4v) is 5.72. The van der Waals surface area contributed by atoms with Crippen LogP contribution in [0.1, 0.15) is 37.3 Å². The van der Waals surface area contributed by atoms with Gasteiger partial charge in [0.1, 0.15) is 10.4 Å². The van der Waals surface area contributed by atoms with Crippen LogP contribution >= 0.6 is 0 Å². The molecule has 4 heterocycles. The van der Waals surface area contributed by atoms with Gasteiger partial charge in [0.15, 0.2) is 0 Å². The second-order valence-corrected chi connectivity index (χ2v) is 11.7. The SMILES string of the molecule is Cn1cc2cc(-n3nc4c(S(N)(=O)=O)cn(CC5CC5)c4c(-c4ccc(C5CC5)nc4)c3=O)ccc2n1. The number of sulfonamides is 1. The van der Waals surface area contributed by atoms with E-state index >= 15 is 0 Å². The second-order valence-electron chi connectivity index (χ2n) is 10.2. The van der Waals surface area contributed by atoms with Crippen molar-refractivity contribution in [2.75, 3.05) is 0 Å². The third kappa shape index (κ3) is 3.85. The quantitative estimate of drug-likeness (QED) is 0.370. The van der Waals surface area contributed by atoms with Crippen molar-refractivity contribution in [1.82, 2.24) is 29.1 Å². The maximum atomic E-state index is 14.1. The molecule has 0 radical (unpaired) electrons. The number of pyridine rings is 1. The monoisotopic (exact) mass is 515 g/mol. The van der Waals surface area contributed by atoms with E-state index in [1.54, 1.807) is 16.9 Å². The number of nitrogens with two attached hydrogens (primary N) is 1. The summed E-state index contributed by atoms with van der Waals surface area (Å²) in [6.07, 6.45) is 9.46. The number of fused-ring (bicyclic) bond motifs is 2. The molecule has 2 aliphatic carbocycles. The Morgan fingerprint density at radius 2 is 1.86 bits per heavy atom. The Morgan fingerprint density at radius 3 is 2.54 bits per heavy atom. The van der Waals surface area contributed by atoms with E-state index in [0.29, 0.717) is 40.7 Å². The molecule has 2 N–H and O–H groups in total. The molecule has 0 atom stereocenters. The number of hydrogen-bond donors (Lipinski definition) is 1. The van der Waals surface area contributed by atoms with Crippen molar-refractivity contribution in [3.8, 4) is 16.8 Å². The normalized spacial score (nSPS) is 16.2. The topological polar surface area (TPSA) is 131 Å². The summed E-state index contributed by atoms with van der Waals surface area (Å²) < 4.78 is 30.1. The third-order valence-corrected chi connectivity index (χ3v) is 8.15. The average molecular weight is 516 g/mol. The number of aryl methyl sites for hydroxylation is 1. The van der Waals surface area contributed by atoms with Gasteiger partial charge in [-0.1, -0.05) is 6.07 Å². The van der Waals surface area contributed by atoms with Crippen molar-refractivity contribution in [3.05, 3.63) is 65.0 Å². The van der Waals surface area contributed by atoms with E-state index in [1.807, 2.05) is 42.1 Å². The van der Waals surface area contributed by atoms with E-state index < -0.39 is 10.0 Å². The summed E-state index contributed by atoms with van der Waals surface area (Å²) in [5.74, 6) is 0.907. The lowest BCUT2D eigenvalue weighted by Crippen LogP contribution is -2.24. The van der Waals surface area contributed by atoms with Crippen LogP contribution in [0.2, 0.25) is 0 Å². The minimum Gasteiger partial charge on any atom is -0.344 e. The molecular weight excluding hydrogens is 490 g/mol. The fourth-order valence-electron chi connectivity index (χ4n) is 5.04. The van der Waals surface area contributed by atoms with Crippen LogP contribution in [0.15, 0.2) is 58.6 Å². The van der Waals surface area contributed by atoms with Gasteiger partial charge in [-0.2, -0.15) is 14.9 Å². The molecule has 2 aliphatic rings. The summed E-state index contributed by atoms with van der Waals surface area (Å²) in [6.45, 7) is 0.597. The minimum absolute atomic E-state index is 0.0943. The van der Waals surface area contributed by atoms with Gasteiger partial charge in [-0.3, -0.25) is 14.5 Å².